The average Bonchev–Trinajstić information content (AvgIpc) is 3.48. The predicted molar refractivity (Wildman–Crippen MR) is 130 cm³/mol. The standard InChI is InChI=1S/C25H31ClN2O5S/c26-20-7-8-22-19(15-20)16-25(33-22)9-13-27(14-10-25)17-21(29)18-32-23-5-1-2-6-24(23)34(30,31)28-11-3-4-12-28/h1-2,5-8,15,21,29H,3-4,9-14,16-18H2/t21-/m1/s1. The van der Waals surface area contributed by atoms with Gasteiger partial charge >= 0.3 is 0 Å². The molecule has 0 aliphatic carbocycles. The fraction of sp³-hybridized carbons (Fsp3) is 0.520. The molecule has 2 fully saturated rings. The van der Waals surface area contributed by atoms with E-state index >= 15 is 0 Å². The smallest absolute Gasteiger partial charge is 0.246 e. The van der Waals surface area contributed by atoms with Crippen LogP contribution in [0, 0.1) is 0 Å². The lowest BCUT2D eigenvalue weighted by atomic mass is 9.87. The van der Waals surface area contributed by atoms with Crippen molar-refractivity contribution in [2.45, 2.75) is 48.7 Å². The van der Waals surface area contributed by atoms with E-state index in [4.69, 9.17) is 21.1 Å². The van der Waals surface area contributed by atoms with E-state index in [9.17, 15) is 13.5 Å². The van der Waals surface area contributed by atoms with Crippen molar-refractivity contribution in [3.05, 3.63) is 53.1 Å². The van der Waals surface area contributed by atoms with Crippen molar-refractivity contribution in [2.24, 2.45) is 0 Å². The number of piperidine rings is 1. The highest BCUT2D eigenvalue weighted by atomic mass is 35.5. The highest BCUT2D eigenvalue weighted by Gasteiger charge is 2.42. The molecule has 184 valence electrons. The first-order chi connectivity index (χ1) is 16.3. The Labute approximate surface area is 206 Å². The summed E-state index contributed by atoms with van der Waals surface area (Å²) in [6, 6.07) is 12.5. The summed E-state index contributed by atoms with van der Waals surface area (Å²) >= 11 is 6.13. The summed E-state index contributed by atoms with van der Waals surface area (Å²) in [6.07, 6.45) is 3.65. The number of rotatable bonds is 7. The maximum absolute atomic E-state index is 13.0. The molecule has 1 atom stereocenters. The molecule has 3 heterocycles. The lowest BCUT2D eigenvalue weighted by Gasteiger charge is -2.39. The molecule has 2 saturated heterocycles. The molecule has 7 nitrogen and oxygen atoms in total. The minimum absolute atomic E-state index is 0.0363. The van der Waals surface area contributed by atoms with E-state index in [1.807, 2.05) is 18.2 Å². The molecule has 1 N–H and O–H groups in total. The third-order valence-corrected chi connectivity index (χ3v) is 9.23. The Hall–Kier alpha value is -1.84. The number of aliphatic hydroxyl groups excluding tert-OH is 1. The Balaban J connectivity index is 1.14. The molecule has 0 aromatic heterocycles. The summed E-state index contributed by atoms with van der Waals surface area (Å²) in [7, 11) is -3.59. The van der Waals surface area contributed by atoms with E-state index in [1.165, 1.54) is 4.31 Å². The van der Waals surface area contributed by atoms with Crippen LogP contribution in [0.1, 0.15) is 31.2 Å². The van der Waals surface area contributed by atoms with Gasteiger partial charge in [0.15, 0.2) is 0 Å². The van der Waals surface area contributed by atoms with Crippen LogP contribution < -0.4 is 9.47 Å². The van der Waals surface area contributed by atoms with Crippen LogP contribution in [0.5, 0.6) is 11.5 Å². The first kappa shape index (κ1) is 23.9. The number of likely N-dealkylation sites (tertiary alicyclic amines) is 1. The van der Waals surface area contributed by atoms with Crippen LogP contribution in [0.25, 0.3) is 0 Å². The van der Waals surface area contributed by atoms with E-state index in [2.05, 4.69) is 4.90 Å². The number of β-amino-alcohol motifs (C(OH)–C–C–N with tert-alkyl or cyclic N) is 1. The molecule has 0 saturated carbocycles. The van der Waals surface area contributed by atoms with Gasteiger partial charge in [0.25, 0.3) is 0 Å². The lowest BCUT2D eigenvalue weighted by molar-refractivity contribution is -0.00214. The summed E-state index contributed by atoms with van der Waals surface area (Å²) in [5, 5.41) is 11.4. The van der Waals surface area contributed by atoms with Crippen LogP contribution in [0.4, 0.5) is 0 Å². The molecule has 5 rings (SSSR count). The quantitative estimate of drug-likeness (QED) is 0.620. The van der Waals surface area contributed by atoms with Crippen molar-refractivity contribution in [3.8, 4) is 11.5 Å². The van der Waals surface area contributed by atoms with Crippen molar-refractivity contribution in [3.63, 3.8) is 0 Å². The molecule has 0 bridgehead atoms. The van der Waals surface area contributed by atoms with Gasteiger partial charge in [-0.05, 0) is 48.7 Å². The van der Waals surface area contributed by atoms with Crippen LogP contribution in [0.2, 0.25) is 5.02 Å². The van der Waals surface area contributed by atoms with Crippen LogP contribution in [-0.4, -0.2) is 73.8 Å². The molecule has 0 radical (unpaired) electrons. The van der Waals surface area contributed by atoms with Gasteiger partial charge in [-0.25, -0.2) is 8.42 Å². The van der Waals surface area contributed by atoms with Crippen molar-refractivity contribution < 1.29 is 23.0 Å². The van der Waals surface area contributed by atoms with Crippen molar-refractivity contribution in [1.82, 2.24) is 9.21 Å². The molecule has 2 aromatic carbocycles. The van der Waals surface area contributed by atoms with Gasteiger partial charge < -0.3 is 19.5 Å². The van der Waals surface area contributed by atoms with Gasteiger partial charge in [0.1, 0.15) is 34.7 Å². The van der Waals surface area contributed by atoms with Gasteiger partial charge in [0.05, 0.1) is 0 Å². The molecule has 0 unspecified atom stereocenters. The highest BCUT2D eigenvalue weighted by Crippen LogP contribution is 2.42. The molecule has 3 aliphatic rings. The Morgan fingerprint density at radius 1 is 1.09 bits per heavy atom. The summed E-state index contributed by atoms with van der Waals surface area (Å²) in [5.41, 5.74) is 0.977. The summed E-state index contributed by atoms with van der Waals surface area (Å²) < 4.78 is 39.6. The number of halogens is 1. The number of hydrogen-bond donors (Lipinski definition) is 1. The predicted octanol–water partition coefficient (Wildman–Crippen LogP) is 3.33. The van der Waals surface area contributed by atoms with Gasteiger partial charge in [0.2, 0.25) is 10.0 Å². The number of aliphatic hydroxyl groups is 1. The largest absolute Gasteiger partial charge is 0.489 e. The fourth-order valence-electron chi connectivity index (χ4n) is 5.21. The third-order valence-electron chi connectivity index (χ3n) is 7.06. The normalized spacial score (nSPS) is 21.4. The van der Waals surface area contributed by atoms with E-state index in [0.717, 1.165) is 61.5 Å². The SMILES string of the molecule is O=S(=O)(c1ccccc1OC[C@H](O)CN1CCC2(CC1)Cc1cc(Cl)ccc1O2)N1CCCC1. The first-order valence-corrected chi connectivity index (χ1v) is 13.8. The van der Waals surface area contributed by atoms with E-state index in [1.54, 1.807) is 24.3 Å². The lowest BCUT2D eigenvalue weighted by Crippen LogP contribution is -2.49. The van der Waals surface area contributed by atoms with Crippen LogP contribution in [0.3, 0.4) is 0 Å². The van der Waals surface area contributed by atoms with Crippen molar-refractivity contribution in [2.75, 3.05) is 39.3 Å². The molecule has 9 heteroatoms. The van der Waals surface area contributed by atoms with Crippen molar-refractivity contribution in [1.29, 1.82) is 0 Å². The second-order valence-electron chi connectivity index (χ2n) is 9.54. The average molecular weight is 507 g/mol. The topological polar surface area (TPSA) is 79.3 Å². The van der Waals surface area contributed by atoms with Crippen LogP contribution in [0.15, 0.2) is 47.4 Å². The highest BCUT2D eigenvalue weighted by molar-refractivity contribution is 7.89. The molecule has 3 aliphatic heterocycles. The number of hydrogen-bond acceptors (Lipinski definition) is 6. The Bertz CT molecular complexity index is 1130. The second kappa shape index (κ2) is 9.66. The minimum Gasteiger partial charge on any atom is -0.489 e. The molecule has 2 aromatic rings. The number of nitrogens with zero attached hydrogens (tertiary/aromatic N) is 2. The van der Waals surface area contributed by atoms with E-state index in [-0.39, 0.29) is 17.1 Å². The van der Waals surface area contributed by atoms with Crippen LogP contribution >= 0.6 is 11.6 Å². The zero-order valence-corrected chi connectivity index (χ0v) is 20.7. The first-order valence-electron chi connectivity index (χ1n) is 11.9. The summed E-state index contributed by atoms with van der Waals surface area (Å²) in [5.74, 6) is 1.22. The number of fused-ring (bicyclic) bond motifs is 1. The van der Waals surface area contributed by atoms with Gasteiger partial charge in [-0.1, -0.05) is 23.7 Å². The number of benzene rings is 2. The Morgan fingerprint density at radius 3 is 2.59 bits per heavy atom. The minimum atomic E-state index is -3.59. The zero-order chi connectivity index (χ0) is 23.8. The monoisotopic (exact) mass is 506 g/mol. The van der Waals surface area contributed by atoms with Gasteiger partial charge in [0, 0.05) is 57.0 Å². The number of sulfonamides is 1. The second-order valence-corrected chi connectivity index (χ2v) is 11.9. The summed E-state index contributed by atoms with van der Waals surface area (Å²) in [6.45, 7) is 3.22. The van der Waals surface area contributed by atoms with E-state index in [0.29, 0.717) is 25.4 Å². The Kier molecular flexibility index (Phi) is 6.79. The summed E-state index contributed by atoms with van der Waals surface area (Å²) in [4.78, 5) is 2.38. The van der Waals surface area contributed by atoms with Gasteiger partial charge in [-0.3, -0.25) is 0 Å². The third kappa shape index (κ3) is 4.93. The zero-order valence-electron chi connectivity index (χ0n) is 19.2. The maximum atomic E-state index is 13.0. The van der Waals surface area contributed by atoms with Crippen LogP contribution in [-0.2, 0) is 16.4 Å². The fourth-order valence-corrected chi connectivity index (χ4v) is 7.05. The molecular weight excluding hydrogens is 476 g/mol. The van der Waals surface area contributed by atoms with Gasteiger partial charge in [-0.2, -0.15) is 4.31 Å². The number of para-hydroxylation sites is 1. The number of ether oxygens (including phenoxy) is 2. The molecule has 0 amide bonds. The molecule has 34 heavy (non-hydrogen) atoms. The van der Waals surface area contributed by atoms with Gasteiger partial charge in [-0.15, -0.1) is 0 Å². The van der Waals surface area contributed by atoms with Crippen molar-refractivity contribution >= 4 is 21.6 Å². The molecule has 1 spiro atoms. The van der Waals surface area contributed by atoms with E-state index < -0.39 is 16.1 Å². The Morgan fingerprint density at radius 2 is 1.82 bits per heavy atom. The maximum Gasteiger partial charge on any atom is 0.246 e. The molecular formula is C25H31ClN2O5S.